The van der Waals surface area contributed by atoms with E-state index in [4.69, 9.17) is 10.2 Å². The summed E-state index contributed by atoms with van der Waals surface area (Å²) in [5.74, 6) is 0.299. The number of nitrogens with two attached hydrogens (primary N) is 1. The van der Waals surface area contributed by atoms with Crippen molar-refractivity contribution in [2.24, 2.45) is 11.7 Å². The second-order valence-electron chi connectivity index (χ2n) is 5.96. The highest BCUT2D eigenvalue weighted by Gasteiger charge is 2.28. The molecule has 3 rings (SSSR count). The summed E-state index contributed by atoms with van der Waals surface area (Å²) in [6, 6.07) is 7.02. The first-order valence-electron chi connectivity index (χ1n) is 7.76. The van der Waals surface area contributed by atoms with Crippen molar-refractivity contribution < 1.29 is 12.8 Å². The second kappa shape index (κ2) is 7.65. The number of benzene rings is 1. The van der Waals surface area contributed by atoms with Crippen molar-refractivity contribution in [2.45, 2.75) is 36.6 Å². The van der Waals surface area contributed by atoms with Crippen LogP contribution in [0, 0.1) is 5.92 Å². The van der Waals surface area contributed by atoms with Crippen molar-refractivity contribution in [3.05, 3.63) is 40.8 Å². The Hall–Kier alpha value is -1.41. The number of fused-ring (bicyclic) bond motifs is 1. The summed E-state index contributed by atoms with van der Waals surface area (Å²) < 4.78 is 33.0. The Bertz CT molecular complexity index is 860. The third-order valence-electron chi connectivity index (χ3n) is 4.43. The van der Waals surface area contributed by atoms with E-state index in [2.05, 4.69) is 4.72 Å². The molecule has 1 saturated carbocycles. The Balaban J connectivity index is 0.00000208. The Morgan fingerprint density at radius 2 is 1.92 bits per heavy atom. The number of halogens is 1. The molecule has 1 aliphatic rings. The summed E-state index contributed by atoms with van der Waals surface area (Å²) in [6.07, 6.45) is 4.26. The highest BCUT2D eigenvalue weighted by molar-refractivity contribution is 7.89. The Kier molecular flexibility index (Phi) is 6.03. The van der Waals surface area contributed by atoms with E-state index in [1.165, 1.54) is 24.3 Å². The minimum absolute atomic E-state index is 0. The lowest BCUT2D eigenvalue weighted by molar-refractivity contribution is 0.405. The van der Waals surface area contributed by atoms with E-state index >= 15 is 0 Å². The lowest BCUT2D eigenvalue weighted by atomic mass is 9.99. The summed E-state index contributed by atoms with van der Waals surface area (Å²) in [5, 5.41) is 0.567. The third kappa shape index (κ3) is 3.97. The number of nitrogens with one attached hydrogen (secondary N) is 1. The number of rotatable bonds is 5. The van der Waals surface area contributed by atoms with E-state index in [9.17, 15) is 13.2 Å². The van der Waals surface area contributed by atoms with Gasteiger partial charge >= 0.3 is 5.63 Å². The van der Waals surface area contributed by atoms with Crippen molar-refractivity contribution in [3.8, 4) is 0 Å². The fraction of sp³-hybridized carbons (Fsp3) is 0.438. The molecule has 6 nitrogen and oxygen atoms in total. The predicted molar refractivity (Wildman–Crippen MR) is 94.9 cm³/mol. The quantitative estimate of drug-likeness (QED) is 0.781. The molecule has 132 valence electrons. The zero-order valence-electron chi connectivity index (χ0n) is 13.1. The van der Waals surface area contributed by atoms with Gasteiger partial charge in [-0.1, -0.05) is 12.8 Å². The molecule has 3 N–H and O–H groups in total. The highest BCUT2D eigenvalue weighted by Crippen LogP contribution is 2.28. The van der Waals surface area contributed by atoms with Gasteiger partial charge in [0, 0.05) is 24.0 Å². The van der Waals surface area contributed by atoms with E-state index in [1.54, 1.807) is 6.07 Å². The Morgan fingerprint density at radius 1 is 1.21 bits per heavy atom. The molecule has 1 fully saturated rings. The van der Waals surface area contributed by atoms with E-state index < -0.39 is 15.6 Å². The normalized spacial score (nSPS) is 16.9. The van der Waals surface area contributed by atoms with Crippen LogP contribution in [-0.2, 0) is 10.0 Å². The zero-order chi connectivity index (χ0) is 16.4. The summed E-state index contributed by atoms with van der Waals surface area (Å²) in [6.45, 7) is 0.284. The van der Waals surface area contributed by atoms with Crippen LogP contribution in [0.25, 0.3) is 11.0 Å². The molecule has 1 aliphatic carbocycles. The van der Waals surface area contributed by atoms with Crippen LogP contribution in [0.15, 0.2) is 44.4 Å². The molecule has 0 radical (unpaired) electrons. The Morgan fingerprint density at radius 3 is 2.58 bits per heavy atom. The number of hydrogen-bond donors (Lipinski definition) is 2. The van der Waals surface area contributed by atoms with Gasteiger partial charge in [-0.05, 0) is 43.0 Å². The first kappa shape index (κ1) is 18.9. The fourth-order valence-corrected chi connectivity index (χ4v) is 4.53. The molecule has 1 unspecified atom stereocenters. The van der Waals surface area contributed by atoms with Gasteiger partial charge in [0.25, 0.3) is 0 Å². The van der Waals surface area contributed by atoms with Gasteiger partial charge in [-0.25, -0.2) is 17.9 Å². The smallest absolute Gasteiger partial charge is 0.336 e. The average Bonchev–Trinajstić information content (AvgIpc) is 3.06. The SMILES string of the molecule is Cl.NCC(NS(=O)(=O)c1ccc2oc(=O)ccc2c1)C1CCCC1. The molecule has 0 aliphatic heterocycles. The molecule has 0 saturated heterocycles. The highest BCUT2D eigenvalue weighted by atomic mass is 35.5. The molecule has 2 aromatic rings. The molecule has 1 heterocycles. The molecule has 8 heteroatoms. The lowest BCUT2D eigenvalue weighted by Gasteiger charge is -2.23. The maximum absolute atomic E-state index is 12.6. The van der Waals surface area contributed by atoms with Crippen molar-refractivity contribution in [2.75, 3.05) is 6.54 Å². The van der Waals surface area contributed by atoms with Crippen LogP contribution in [-0.4, -0.2) is 21.0 Å². The van der Waals surface area contributed by atoms with E-state index in [0.717, 1.165) is 25.7 Å². The van der Waals surface area contributed by atoms with Crippen LogP contribution < -0.4 is 16.1 Å². The van der Waals surface area contributed by atoms with Gasteiger partial charge in [-0.15, -0.1) is 12.4 Å². The molecule has 0 spiro atoms. The molecular weight excluding hydrogens is 352 g/mol. The lowest BCUT2D eigenvalue weighted by Crippen LogP contribution is -2.44. The molecule has 1 aromatic heterocycles. The van der Waals surface area contributed by atoms with Crippen LogP contribution in [0.3, 0.4) is 0 Å². The molecule has 1 atom stereocenters. The topological polar surface area (TPSA) is 102 Å². The van der Waals surface area contributed by atoms with Gasteiger partial charge in [0.15, 0.2) is 0 Å². The first-order chi connectivity index (χ1) is 11.0. The van der Waals surface area contributed by atoms with Gasteiger partial charge in [-0.2, -0.15) is 0 Å². The van der Waals surface area contributed by atoms with Crippen molar-refractivity contribution in [3.63, 3.8) is 0 Å². The van der Waals surface area contributed by atoms with Crippen LogP contribution in [0.5, 0.6) is 0 Å². The molecule has 0 bridgehead atoms. The van der Waals surface area contributed by atoms with Gasteiger partial charge in [0.1, 0.15) is 5.58 Å². The minimum atomic E-state index is -3.66. The average molecular weight is 373 g/mol. The van der Waals surface area contributed by atoms with Crippen LogP contribution >= 0.6 is 12.4 Å². The van der Waals surface area contributed by atoms with Gasteiger partial charge in [-0.3, -0.25) is 0 Å². The molecule has 0 amide bonds. The summed E-state index contributed by atoms with van der Waals surface area (Å²) in [4.78, 5) is 11.3. The zero-order valence-corrected chi connectivity index (χ0v) is 14.7. The standard InChI is InChI=1S/C16H20N2O4S.ClH/c17-10-14(11-3-1-2-4-11)18-23(20,21)13-6-7-15-12(9-13)5-8-16(19)22-15;/h5-9,11,14,18H,1-4,10,17H2;1H. The minimum Gasteiger partial charge on any atom is -0.423 e. The molecular formula is C16H21ClN2O4S. The fourth-order valence-electron chi connectivity index (χ4n) is 3.18. The van der Waals surface area contributed by atoms with E-state index in [-0.39, 0.29) is 29.9 Å². The van der Waals surface area contributed by atoms with Crippen LogP contribution in [0.2, 0.25) is 0 Å². The third-order valence-corrected chi connectivity index (χ3v) is 5.92. The summed E-state index contributed by atoms with van der Waals surface area (Å²) in [7, 11) is -3.66. The second-order valence-corrected chi connectivity index (χ2v) is 7.68. The van der Waals surface area contributed by atoms with Crippen LogP contribution in [0.1, 0.15) is 25.7 Å². The monoisotopic (exact) mass is 372 g/mol. The number of sulfonamides is 1. The maximum atomic E-state index is 12.6. The maximum Gasteiger partial charge on any atom is 0.336 e. The van der Waals surface area contributed by atoms with Crippen molar-refractivity contribution in [1.29, 1.82) is 0 Å². The van der Waals surface area contributed by atoms with Gasteiger partial charge in [0.2, 0.25) is 10.0 Å². The molecule has 1 aromatic carbocycles. The van der Waals surface area contributed by atoms with Gasteiger partial charge < -0.3 is 10.2 Å². The predicted octanol–water partition coefficient (Wildman–Crippen LogP) is 2.01. The first-order valence-corrected chi connectivity index (χ1v) is 9.24. The van der Waals surface area contributed by atoms with Gasteiger partial charge in [0.05, 0.1) is 4.90 Å². The number of hydrogen-bond acceptors (Lipinski definition) is 5. The van der Waals surface area contributed by atoms with E-state index in [0.29, 0.717) is 16.9 Å². The van der Waals surface area contributed by atoms with Crippen molar-refractivity contribution in [1.82, 2.24) is 4.72 Å². The Labute approximate surface area is 146 Å². The van der Waals surface area contributed by atoms with Crippen molar-refractivity contribution >= 4 is 33.4 Å². The summed E-state index contributed by atoms with van der Waals surface area (Å²) >= 11 is 0. The van der Waals surface area contributed by atoms with Crippen LogP contribution in [0.4, 0.5) is 0 Å². The molecule has 24 heavy (non-hydrogen) atoms. The largest absolute Gasteiger partial charge is 0.423 e. The summed E-state index contributed by atoms with van der Waals surface area (Å²) in [5.41, 5.74) is 5.67. The van der Waals surface area contributed by atoms with E-state index in [1.807, 2.05) is 0 Å².